The van der Waals surface area contributed by atoms with E-state index in [9.17, 15) is 9.59 Å². The number of fused-ring (bicyclic) bond motifs is 6. The van der Waals surface area contributed by atoms with Gasteiger partial charge >= 0.3 is 0 Å². The van der Waals surface area contributed by atoms with Gasteiger partial charge in [0, 0.05) is 55.9 Å². The van der Waals surface area contributed by atoms with E-state index in [0.717, 1.165) is 101 Å². The fourth-order valence-corrected chi connectivity index (χ4v) is 20.2. The van der Waals surface area contributed by atoms with Crippen molar-refractivity contribution in [1.29, 1.82) is 0 Å². The highest BCUT2D eigenvalue weighted by Gasteiger charge is 2.41. The predicted octanol–water partition coefficient (Wildman–Crippen LogP) is 19.3. The number of rotatable bonds is 21. The smallest absolute Gasteiger partial charge is 0.266 e. The van der Waals surface area contributed by atoms with Crippen LogP contribution < -0.4 is 18.9 Å². The molecule has 0 radical (unpaired) electrons. The molecule has 2 atom stereocenters. The summed E-state index contributed by atoms with van der Waals surface area (Å²) in [6.45, 7) is 23.9. The van der Waals surface area contributed by atoms with Gasteiger partial charge in [-0.25, -0.2) is 0 Å². The summed E-state index contributed by atoms with van der Waals surface area (Å²) in [4.78, 5) is 44.5. The summed E-state index contributed by atoms with van der Waals surface area (Å²) in [6.07, 6.45) is 13.0. The Kier molecular flexibility index (Phi) is 17.0. The Labute approximate surface area is 491 Å². The van der Waals surface area contributed by atoms with Gasteiger partial charge in [-0.3, -0.25) is 19.4 Å². The van der Waals surface area contributed by atoms with Crippen LogP contribution in [0.2, 0.25) is 0 Å². The normalized spacial score (nSPS) is 18.3. The van der Waals surface area contributed by atoms with Gasteiger partial charge in [0.1, 0.15) is 42.8 Å². The first-order valence-electron chi connectivity index (χ1n) is 26.5. The average Bonchev–Trinajstić information content (AvgIpc) is 4.30. The Hall–Kier alpha value is -3.30. The molecule has 76 heavy (non-hydrogen) atoms. The first-order chi connectivity index (χ1) is 36.5. The van der Waals surface area contributed by atoms with Gasteiger partial charge in [-0.2, -0.15) is 0 Å². The number of thioether (sulfide) groups is 2. The minimum Gasteiger partial charge on any atom is -0.492 e. The zero-order valence-corrected chi connectivity index (χ0v) is 52.9. The molecule has 0 N–H and O–H groups in total. The lowest BCUT2D eigenvalue weighted by molar-refractivity contribution is -0.122. The molecule has 2 unspecified atom stereocenters. The van der Waals surface area contributed by atoms with Gasteiger partial charge in [-0.05, 0) is 103 Å². The van der Waals surface area contributed by atoms with E-state index in [0.29, 0.717) is 56.6 Å². The van der Waals surface area contributed by atoms with Crippen LogP contribution in [0.5, 0.6) is 23.0 Å². The number of ether oxygens (including phenoxy) is 4. The topological polar surface area (TPSA) is 77.5 Å². The van der Waals surface area contributed by atoms with Crippen molar-refractivity contribution >= 4 is 149 Å². The van der Waals surface area contributed by atoms with Crippen molar-refractivity contribution in [3.63, 3.8) is 0 Å². The molecule has 0 spiro atoms. The fourth-order valence-electron chi connectivity index (χ4n) is 9.86. The Morgan fingerprint density at radius 3 is 1.29 bits per heavy atom. The zero-order valence-electron chi connectivity index (χ0n) is 44.7. The summed E-state index contributed by atoms with van der Waals surface area (Å²) in [6, 6.07) is 13.3. The molecule has 2 amide bonds. The Morgan fingerprint density at radius 1 is 0.539 bits per heavy atom. The second-order valence-corrected chi connectivity index (χ2v) is 30.3. The van der Waals surface area contributed by atoms with E-state index in [1.807, 2.05) is 48.7 Å². The molecule has 0 bridgehead atoms. The lowest BCUT2D eigenvalue weighted by atomic mass is 9.94. The van der Waals surface area contributed by atoms with E-state index in [-0.39, 0.29) is 11.8 Å². The van der Waals surface area contributed by atoms with Crippen molar-refractivity contribution < 1.29 is 28.5 Å². The number of carbonyl (C=O) groups excluding carboxylic acids is 2. The molecule has 2 saturated heterocycles. The molecule has 10 heterocycles. The molecule has 18 heteroatoms. The van der Waals surface area contributed by atoms with Crippen LogP contribution in [0.25, 0.3) is 60.9 Å². The third-order valence-electron chi connectivity index (χ3n) is 14.4. The first-order valence-corrected chi connectivity index (χ1v) is 33.8. The van der Waals surface area contributed by atoms with Crippen LogP contribution in [0.15, 0.2) is 46.2 Å². The molecule has 0 aliphatic carbocycles. The third-order valence-corrected chi connectivity index (χ3v) is 24.7. The van der Waals surface area contributed by atoms with Crippen LogP contribution in [0.1, 0.15) is 141 Å². The Balaban J connectivity index is 0.987. The fraction of sp³-hybridized carbons (Fsp3) is 0.448. The summed E-state index contributed by atoms with van der Waals surface area (Å²) in [5.41, 5.74) is 1.21. The minimum absolute atomic E-state index is 0.0421. The number of thiophene rings is 6. The molecular weight excluding hydrogens is 1140 g/mol. The van der Waals surface area contributed by atoms with Crippen LogP contribution >= 0.6 is 116 Å². The summed E-state index contributed by atoms with van der Waals surface area (Å²) >= 11 is 24.3. The molecule has 10 rings (SSSR count). The molecule has 402 valence electrons. The predicted molar refractivity (Wildman–Crippen MR) is 337 cm³/mol. The quantitative estimate of drug-likeness (QED) is 0.0514. The molecule has 2 fully saturated rings. The van der Waals surface area contributed by atoms with Crippen LogP contribution in [-0.4, -0.2) is 56.6 Å². The molecule has 4 aliphatic rings. The highest BCUT2D eigenvalue weighted by molar-refractivity contribution is 8.27. The van der Waals surface area contributed by atoms with E-state index in [1.165, 1.54) is 67.0 Å². The number of carbonyl (C=O) groups is 2. The van der Waals surface area contributed by atoms with Crippen molar-refractivity contribution in [2.45, 2.75) is 132 Å². The van der Waals surface area contributed by atoms with Crippen LogP contribution in [0, 0.1) is 11.8 Å². The Morgan fingerprint density at radius 2 is 0.934 bits per heavy atom. The summed E-state index contributed by atoms with van der Waals surface area (Å²) in [5.74, 6) is 4.28. The van der Waals surface area contributed by atoms with Gasteiger partial charge in [0.2, 0.25) is 0 Å². The maximum absolute atomic E-state index is 13.3. The van der Waals surface area contributed by atoms with E-state index in [2.05, 4.69) is 91.8 Å². The lowest BCUT2D eigenvalue weighted by Gasteiger charge is -2.31. The van der Waals surface area contributed by atoms with Crippen molar-refractivity contribution in [3.8, 4) is 71.8 Å². The SMILES string of the molecule is CCCCC(CC)COc1cc(/C=C2\SC(=S)N(CC)C2=O)sc1-c1cc2c(s1)-c1sc(-c3cc4c(s3)-c3sc(-c5sc(/C=C6\SC(=S)N(CC)C6=O)cc5OCC(CC)CCCC)cc3OC4(C)C)cc1C(C)(C)O2. The number of hydrogen-bond donors (Lipinski definition) is 0. The Bertz CT molecular complexity index is 3070. The maximum atomic E-state index is 13.3. The van der Waals surface area contributed by atoms with Gasteiger partial charge in [0.25, 0.3) is 11.8 Å². The first kappa shape index (κ1) is 56.0. The minimum atomic E-state index is -0.570. The molecule has 0 saturated carbocycles. The second-order valence-electron chi connectivity index (χ2n) is 20.5. The van der Waals surface area contributed by atoms with Crippen LogP contribution in [0.4, 0.5) is 0 Å². The number of likely N-dealkylation sites (N-methyl/N-ethyl adjacent to an activating group) is 2. The zero-order chi connectivity index (χ0) is 53.8. The highest BCUT2D eigenvalue weighted by Crippen LogP contribution is 2.61. The lowest BCUT2D eigenvalue weighted by Crippen LogP contribution is -2.27. The van der Waals surface area contributed by atoms with Crippen LogP contribution in [-0.2, 0) is 20.8 Å². The van der Waals surface area contributed by atoms with Gasteiger partial charge in [0.15, 0.2) is 0 Å². The largest absolute Gasteiger partial charge is 0.492 e. The third kappa shape index (κ3) is 11.0. The maximum Gasteiger partial charge on any atom is 0.266 e. The van der Waals surface area contributed by atoms with Gasteiger partial charge < -0.3 is 18.9 Å². The van der Waals surface area contributed by atoms with E-state index >= 15 is 0 Å². The van der Waals surface area contributed by atoms with Gasteiger partial charge in [-0.1, -0.05) is 114 Å². The number of unbranched alkanes of at least 4 members (excludes halogenated alkanes) is 2. The van der Waals surface area contributed by atoms with Gasteiger partial charge in [-0.15, -0.1) is 68.0 Å². The number of thiocarbonyl (C=S) groups is 2. The van der Waals surface area contributed by atoms with Crippen LogP contribution in [0.3, 0.4) is 0 Å². The summed E-state index contributed by atoms with van der Waals surface area (Å²) < 4.78 is 28.6. The molecule has 4 aliphatic heterocycles. The summed E-state index contributed by atoms with van der Waals surface area (Å²) in [7, 11) is 0. The number of hydrogen-bond acceptors (Lipinski definition) is 16. The van der Waals surface area contributed by atoms with Crippen molar-refractivity contribution in [2.24, 2.45) is 11.8 Å². The molecule has 6 aromatic rings. The monoisotopic (exact) mass is 1200 g/mol. The summed E-state index contributed by atoms with van der Waals surface area (Å²) in [5, 5.41) is 0. The van der Waals surface area contributed by atoms with Crippen molar-refractivity contribution in [3.05, 3.63) is 67.1 Å². The van der Waals surface area contributed by atoms with Gasteiger partial charge in [0.05, 0.1) is 62.0 Å². The van der Waals surface area contributed by atoms with E-state index in [1.54, 1.807) is 55.1 Å². The standard InChI is InChI=1S/C58H64N2O6S10/c1-11-17-19-31(13-3)29-63-37-21-33(23-45-53(61)59(15-5)55(67)75-45)69-49(37)43-27-39-51(73-43)47-35(57(7,8)65-39)25-41(71-47)42-26-36-48(72-42)52-40(66-58(36,9)10)28-44(74-52)50-38(64-30-32(14-4)20-18-12-2)22-34(70-50)24-46-54(62)60(16-6)56(68)76-46/h21-28,31-32H,11-20,29-30H2,1-10H3/b45-23-,46-24-. The van der Waals surface area contributed by atoms with Crippen molar-refractivity contribution in [1.82, 2.24) is 9.80 Å². The van der Waals surface area contributed by atoms with E-state index < -0.39 is 11.2 Å². The molecule has 8 nitrogen and oxygen atoms in total. The number of nitrogens with zero attached hydrogens (tertiary/aromatic N) is 2. The molecule has 0 aromatic carbocycles. The van der Waals surface area contributed by atoms with E-state index in [4.69, 9.17) is 43.4 Å². The second kappa shape index (κ2) is 23.0. The average molecular weight is 1210 g/mol. The number of amides is 2. The molecular formula is C58H64N2O6S10. The highest BCUT2D eigenvalue weighted by atomic mass is 32.2. The van der Waals surface area contributed by atoms with Crippen molar-refractivity contribution in [2.75, 3.05) is 26.3 Å². The molecule has 6 aromatic heterocycles.